The number of rotatable bonds is 6. The zero-order valence-corrected chi connectivity index (χ0v) is 15.1. The average molecular weight is 338 g/mol. The molecule has 25 heavy (non-hydrogen) atoms. The third-order valence-electron chi connectivity index (χ3n) is 3.88. The summed E-state index contributed by atoms with van der Waals surface area (Å²) in [6.45, 7) is 3.51. The Labute approximate surface area is 149 Å². The smallest absolute Gasteiger partial charge is 0.241 e. The molecule has 2 aromatic carbocycles. The molecule has 0 aliphatic rings. The molecular formula is C20H26N4O. The number of benzene rings is 2. The van der Waals surface area contributed by atoms with E-state index in [0.29, 0.717) is 19.0 Å². The van der Waals surface area contributed by atoms with Crippen molar-refractivity contribution in [1.29, 1.82) is 0 Å². The molecule has 0 aromatic heterocycles. The van der Waals surface area contributed by atoms with Crippen LogP contribution < -0.4 is 10.6 Å². The standard InChI is InChI=1S/C20H26N4O/c1-16-9-7-8-12-18(16)14-22-20(23-15-19(25)24(2)3)21-13-17-10-5-4-6-11-17/h4-12H,13-15H2,1-3H3,(H2,21,22,23). The Morgan fingerprint density at radius 3 is 2.36 bits per heavy atom. The molecule has 0 unspecified atom stereocenters. The molecular weight excluding hydrogens is 312 g/mol. The number of guanidine groups is 1. The van der Waals surface area contributed by atoms with Crippen LogP contribution in [0.1, 0.15) is 16.7 Å². The molecule has 0 spiro atoms. The van der Waals surface area contributed by atoms with Gasteiger partial charge >= 0.3 is 0 Å². The van der Waals surface area contributed by atoms with Crippen LogP contribution in [-0.2, 0) is 17.9 Å². The summed E-state index contributed by atoms with van der Waals surface area (Å²) in [6, 6.07) is 18.3. The van der Waals surface area contributed by atoms with E-state index >= 15 is 0 Å². The molecule has 132 valence electrons. The van der Waals surface area contributed by atoms with Gasteiger partial charge in [-0.15, -0.1) is 0 Å². The van der Waals surface area contributed by atoms with Crippen LogP contribution in [0.5, 0.6) is 0 Å². The van der Waals surface area contributed by atoms with Gasteiger partial charge in [0.15, 0.2) is 5.96 Å². The first-order valence-corrected chi connectivity index (χ1v) is 8.37. The second-order valence-electron chi connectivity index (χ2n) is 6.07. The van der Waals surface area contributed by atoms with Gasteiger partial charge in [0.25, 0.3) is 0 Å². The fourth-order valence-electron chi connectivity index (χ4n) is 2.23. The molecule has 1 amide bonds. The first kappa shape index (κ1) is 18.5. The summed E-state index contributed by atoms with van der Waals surface area (Å²) in [6.07, 6.45) is 0. The van der Waals surface area contributed by atoms with Crippen LogP contribution in [0.25, 0.3) is 0 Å². The van der Waals surface area contributed by atoms with Gasteiger partial charge in [0, 0.05) is 20.6 Å². The lowest BCUT2D eigenvalue weighted by atomic mass is 10.1. The summed E-state index contributed by atoms with van der Waals surface area (Å²) < 4.78 is 0. The first-order valence-electron chi connectivity index (χ1n) is 8.37. The van der Waals surface area contributed by atoms with E-state index in [9.17, 15) is 4.79 Å². The van der Waals surface area contributed by atoms with Crippen LogP contribution in [0.15, 0.2) is 59.6 Å². The molecule has 0 radical (unpaired) electrons. The maximum atomic E-state index is 11.8. The third-order valence-corrected chi connectivity index (χ3v) is 3.88. The fraction of sp³-hybridized carbons (Fsp3) is 0.300. The zero-order valence-electron chi connectivity index (χ0n) is 15.1. The Morgan fingerprint density at radius 2 is 1.68 bits per heavy atom. The molecule has 0 aliphatic heterocycles. The number of likely N-dealkylation sites (N-methyl/N-ethyl adjacent to an activating group) is 1. The number of amides is 1. The fourth-order valence-corrected chi connectivity index (χ4v) is 2.23. The highest BCUT2D eigenvalue weighted by atomic mass is 16.2. The molecule has 2 aromatic rings. The van der Waals surface area contributed by atoms with E-state index in [1.165, 1.54) is 11.1 Å². The highest BCUT2D eigenvalue weighted by Gasteiger charge is 2.06. The second-order valence-corrected chi connectivity index (χ2v) is 6.07. The number of aryl methyl sites for hydroxylation is 1. The molecule has 0 saturated heterocycles. The van der Waals surface area contributed by atoms with Gasteiger partial charge in [-0.2, -0.15) is 0 Å². The van der Waals surface area contributed by atoms with Crippen LogP contribution in [0, 0.1) is 6.92 Å². The first-order chi connectivity index (χ1) is 12.1. The van der Waals surface area contributed by atoms with Gasteiger partial charge < -0.3 is 15.5 Å². The van der Waals surface area contributed by atoms with Crippen molar-refractivity contribution in [2.45, 2.75) is 20.0 Å². The van der Waals surface area contributed by atoms with Gasteiger partial charge in [-0.05, 0) is 23.6 Å². The number of hydrogen-bond acceptors (Lipinski definition) is 2. The van der Waals surface area contributed by atoms with Crippen molar-refractivity contribution in [2.24, 2.45) is 4.99 Å². The van der Waals surface area contributed by atoms with Gasteiger partial charge in [0.05, 0.1) is 13.1 Å². The molecule has 0 saturated carbocycles. The van der Waals surface area contributed by atoms with E-state index in [4.69, 9.17) is 0 Å². The second kappa shape index (κ2) is 9.47. The van der Waals surface area contributed by atoms with Crippen LogP contribution >= 0.6 is 0 Å². The van der Waals surface area contributed by atoms with Gasteiger partial charge in [-0.1, -0.05) is 54.6 Å². The van der Waals surface area contributed by atoms with Crippen molar-refractivity contribution in [3.63, 3.8) is 0 Å². The molecule has 2 rings (SSSR count). The number of nitrogens with zero attached hydrogens (tertiary/aromatic N) is 2. The highest BCUT2D eigenvalue weighted by Crippen LogP contribution is 2.06. The maximum absolute atomic E-state index is 11.8. The Morgan fingerprint density at radius 1 is 1.00 bits per heavy atom. The Hall–Kier alpha value is -2.82. The largest absolute Gasteiger partial charge is 0.352 e. The number of aliphatic imine (C=N–C) groups is 1. The molecule has 0 atom stereocenters. The minimum Gasteiger partial charge on any atom is -0.352 e. The number of nitrogens with one attached hydrogen (secondary N) is 2. The van der Waals surface area contributed by atoms with Crippen LogP contribution in [0.2, 0.25) is 0 Å². The normalized spacial score (nSPS) is 11.1. The third kappa shape index (κ3) is 6.30. The van der Waals surface area contributed by atoms with E-state index in [0.717, 1.165) is 5.56 Å². The Bertz CT molecular complexity index is 711. The summed E-state index contributed by atoms with van der Waals surface area (Å²) >= 11 is 0. The molecule has 0 fully saturated rings. The van der Waals surface area contributed by atoms with Crippen molar-refractivity contribution < 1.29 is 4.79 Å². The SMILES string of the molecule is Cc1ccccc1CNC(=NCc1ccccc1)NCC(=O)N(C)C. The van der Waals surface area contributed by atoms with E-state index in [1.54, 1.807) is 19.0 Å². The highest BCUT2D eigenvalue weighted by molar-refractivity contribution is 5.86. The summed E-state index contributed by atoms with van der Waals surface area (Å²) in [5.74, 6) is 0.632. The van der Waals surface area contributed by atoms with Crippen molar-refractivity contribution >= 4 is 11.9 Å². The van der Waals surface area contributed by atoms with Crippen LogP contribution in [-0.4, -0.2) is 37.4 Å². The minimum absolute atomic E-state index is 0.00472. The van der Waals surface area contributed by atoms with Gasteiger partial charge in [0.2, 0.25) is 5.91 Å². The quantitative estimate of drug-likeness (QED) is 0.628. The lowest BCUT2D eigenvalue weighted by Crippen LogP contribution is -2.42. The number of carbonyl (C=O) groups is 1. The van der Waals surface area contributed by atoms with Gasteiger partial charge in [0.1, 0.15) is 0 Å². The van der Waals surface area contributed by atoms with E-state index in [2.05, 4.69) is 34.7 Å². The Balaban J connectivity index is 2.02. The lowest BCUT2D eigenvalue weighted by Gasteiger charge is -2.15. The van der Waals surface area contributed by atoms with Crippen molar-refractivity contribution in [1.82, 2.24) is 15.5 Å². The molecule has 0 bridgehead atoms. The zero-order chi connectivity index (χ0) is 18.1. The summed E-state index contributed by atoms with van der Waals surface area (Å²) in [5.41, 5.74) is 3.55. The van der Waals surface area contributed by atoms with E-state index < -0.39 is 0 Å². The maximum Gasteiger partial charge on any atom is 0.241 e. The summed E-state index contributed by atoms with van der Waals surface area (Å²) in [5, 5.41) is 6.42. The molecule has 5 nitrogen and oxygen atoms in total. The van der Waals surface area contributed by atoms with E-state index in [1.807, 2.05) is 42.5 Å². The lowest BCUT2D eigenvalue weighted by molar-refractivity contribution is -0.127. The number of carbonyl (C=O) groups excluding carboxylic acids is 1. The Kier molecular flexibility index (Phi) is 7.01. The van der Waals surface area contributed by atoms with Crippen LogP contribution in [0.3, 0.4) is 0 Å². The minimum atomic E-state index is 0.00472. The van der Waals surface area contributed by atoms with Crippen molar-refractivity contribution in [2.75, 3.05) is 20.6 Å². The summed E-state index contributed by atoms with van der Waals surface area (Å²) in [7, 11) is 3.48. The van der Waals surface area contributed by atoms with Crippen LogP contribution in [0.4, 0.5) is 0 Å². The van der Waals surface area contributed by atoms with Crippen molar-refractivity contribution in [3.8, 4) is 0 Å². The number of hydrogen-bond donors (Lipinski definition) is 2. The molecule has 0 heterocycles. The topological polar surface area (TPSA) is 56.7 Å². The molecule has 2 N–H and O–H groups in total. The predicted octanol–water partition coefficient (Wildman–Crippen LogP) is 2.32. The average Bonchev–Trinajstić information content (AvgIpc) is 2.62. The van der Waals surface area contributed by atoms with Gasteiger partial charge in [-0.3, -0.25) is 4.79 Å². The monoisotopic (exact) mass is 338 g/mol. The van der Waals surface area contributed by atoms with E-state index in [-0.39, 0.29) is 12.5 Å². The predicted molar refractivity (Wildman–Crippen MR) is 102 cm³/mol. The molecule has 5 heteroatoms. The molecule has 0 aliphatic carbocycles. The van der Waals surface area contributed by atoms with Gasteiger partial charge in [-0.25, -0.2) is 4.99 Å². The summed E-state index contributed by atoms with van der Waals surface area (Å²) in [4.78, 5) is 18.0. The van der Waals surface area contributed by atoms with Crippen molar-refractivity contribution in [3.05, 3.63) is 71.3 Å².